The number of carbonyl (C=O) groups is 1. The molecule has 1 aliphatic heterocycles. The van der Waals surface area contributed by atoms with Gasteiger partial charge in [-0.15, -0.1) is 23.5 Å². The molecule has 1 amide bonds. The highest BCUT2D eigenvalue weighted by Crippen LogP contribution is 2.24. The Kier molecular flexibility index (Phi) is 14.7. The summed E-state index contributed by atoms with van der Waals surface area (Å²) < 4.78 is 0. The predicted octanol–water partition coefficient (Wildman–Crippen LogP) is 6.19. The van der Waals surface area contributed by atoms with Crippen LogP contribution >= 0.6 is 46.7 Å². The lowest BCUT2D eigenvalue weighted by Crippen LogP contribution is -2.41. The number of nitrogens with zero attached hydrogens (tertiary/aromatic N) is 1. The second-order valence-electron chi connectivity index (χ2n) is 8.22. The van der Waals surface area contributed by atoms with Crippen molar-refractivity contribution in [2.45, 2.75) is 50.1 Å². The van der Waals surface area contributed by atoms with Crippen LogP contribution < -0.4 is 16.8 Å². The van der Waals surface area contributed by atoms with E-state index in [1.54, 1.807) is 0 Å². The zero-order valence-corrected chi connectivity index (χ0v) is 23.4. The first-order chi connectivity index (χ1) is 17.0. The number of carbonyl (C=O) groups excluding carboxylic acids is 1. The highest BCUT2D eigenvalue weighted by molar-refractivity contribution is 8.02. The summed E-state index contributed by atoms with van der Waals surface area (Å²) >= 11 is 15.3. The molecular weight excluding hydrogens is 519 g/mol. The van der Waals surface area contributed by atoms with Crippen LogP contribution in [0.25, 0.3) is 5.70 Å². The number of hydrogen-bond donors (Lipinski definition) is 3. The molecule has 0 saturated carbocycles. The van der Waals surface area contributed by atoms with Crippen molar-refractivity contribution < 1.29 is 4.79 Å². The van der Waals surface area contributed by atoms with Crippen molar-refractivity contribution in [3.05, 3.63) is 69.0 Å². The van der Waals surface area contributed by atoms with Crippen LogP contribution in [0.4, 0.5) is 0 Å². The van der Waals surface area contributed by atoms with Crippen LogP contribution in [-0.2, 0) is 11.3 Å². The quantitative estimate of drug-likeness (QED) is 0.133. The second kappa shape index (κ2) is 17.2. The van der Waals surface area contributed by atoms with Gasteiger partial charge in [0, 0.05) is 42.1 Å². The van der Waals surface area contributed by atoms with Gasteiger partial charge in [0.05, 0.1) is 10.0 Å². The summed E-state index contributed by atoms with van der Waals surface area (Å²) in [6.45, 7) is 5.08. The van der Waals surface area contributed by atoms with Crippen molar-refractivity contribution in [2.24, 2.45) is 11.5 Å². The largest absolute Gasteiger partial charge is 0.398 e. The summed E-state index contributed by atoms with van der Waals surface area (Å²) in [5.74, 6) is 1.75. The molecule has 0 radical (unpaired) electrons. The first kappa shape index (κ1) is 29.9. The Labute approximate surface area is 228 Å². The minimum absolute atomic E-state index is 0.326. The second-order valence-corrected chi connectivity index (χ2v) is 11.1. The molecule has 0 unspecified atom stereocenters. The number of amides is 1. The van der Waals surface area contributed by atoms with Crippen LogP contribution in [0.3, 0.4) is 0 Å². The summed E-state index contributed by atoms with van der Waals surface area (Å²) in [6, 6.07) is 14.5. The van der Waals surface area contributed by atoms with Gasteiger partial charge in [-0.25, -0.2) is 0 Å². The molecule has 0 spiro atoms. The third kappa shape index (κ3) is 11.5. The number of nitrogens with one attached hydrogen (secondary N) is 1. The van der Waals surface area contributed by atoms with Crippen LogP contribution in [-0.4, -0.2) is 42.1 Å². The Morgan fingerprint density at radius 1 is 1.14 bits per heavy atom. The standard InChI is InChI=1S/C13H16Cl2N2O.C13H20N2S2/c14-12-2-1-10(7-13(12)15)8-17-5-3-11(4-6-17)16-9-18;1-2-3-8-17-12-6-4-11(5-7-12)13(15)9-16-10-14/h1-2,7,9,11H,3-6,8H2,(H,16,18);4-7,9H,2-3,8,10,14-15H2,1H3/b;13-9-. The van der Waals surface area contributed by atoms with E-state index in [-0.39, 0.29) is 0 Å². The summed E-state index contributed by atoms with van der Waals surface area (Å²) in [5.41, 5.74) is 14.4. The van der Waals surface area contributed by atoms with E-state index in [9.17, 15) is 4.79 Å². The van der Waals surface area contributed by atoms with Crippen molar-refractivity contribution in [1.29, 1.82) is 0 Å². The molecule has 5 N–H and O–H groups in total. The van der Waals surface area contributed by atoms with Crippen molar-refractivity contribution >= 4 is 58.8 Å². The Morgan fingerprint density at radius 3 is 2.46 bits per heavy atom. The first-order valence-electron chi connectivity index (χ1n) is 11.8. The molecule has 35 heavy (non-hydrogen) atoms. The Morgan fingerprint density at radius 2 is 1.86 bits per heavy atom. The summed E-state index contributed by atoms with van der Waals surface area (Å²) in [7, 11) is 0. The Balaban J connectivity index is 0.000000247. The highest BCUT2D eigenvalue weighted by Gasteiger charge is 2.18. The Hall–Kier alpha value is -1.35. The number of unbranched alkanes of at least 4 members (excludes halogenated alkanes) is 1. The molecule has 3 rings (SSSR count). The minimum atomic E-state index is 0.326. The molecule has 192 valence electrons. The molecule has 2 aromatic rings. The number of hydrogen-bond acceptors (Lipinski definition) is 6. The third-order valence-electron chi connectivity index (χ3n) is 5.54. The number of benzene rings is 2. The number of halogens is 2. The minimum Gasteiger partial charge on any atom is -0.398 e. The number of piperidine rings is 1. The van der Waals surface area contributed by atoms with Crippen LogP contribution in [0.5, 0.6) is 0 Å². The fourth-order valence-corrected chi connectivity index (χ4v) is 5.26. The molecule has 0 aromatic heterocycles. The highest BCUT2D eigenvalue weighted by atomic mass is 35.5. The van der Waals surface area contributed by atoms with Gasteiger partial charge < -0.3 is 16.8 Å². The maximum Gasteiger partial charge on any atom is 0.207 e. The zero-order chi connectivity index (χ0) is 25.5. The predicted molar refractivity (Wildman–Crippen MR) is 155 cm³/mol. The van der Waals surface area contributed by atoms with Crippen molar-refractivity contribution in [3.8, 4) is 0 Å². The molecular formula is C26H36Cl2N4OS2. The van der Waals surface area contributed by atoms with Gasteiger partial charge in [-0.1, -0.05) is 54.7 Å². The number of nitrogens with two attached hydrogens (primary N) is 2. The van der Waals surface area contributed by atoms with Gasteiger partial charge in [0.1, 0.15) is 0 Å². The summed E-state index contributed by atoms with van der Waals surface area (Å²) in [5, 5.41) is 5.94. The molecule has 0 aliphatic carbocycles. The van der Waals surface area contributed by atoms with Gasteiger partial charge in [-0.05, 0) is 65.8 Å². The molecule has 1 heterocycles. The molecule has 9 heteroatoms. The van der Waals surface area contributed by atoms with E-state index < -0.39 is 0 Å². The average Bonchev–Trinajstić information content (AvgIpc) is 2.87. The topological polar surface area (TPSA) is 84.4 Å². The molecule has 0 bridgehead atoms. The molecule has 1 aliphatic rings. The van der Waals surface area contributed by atoms with Gasteiger partial charge in [0.25, 0.3) is 0 Å². The lowest BCUT2D eigenvalue weighted by Gasteiger charge is -2.31. The maximum absolute atomic E-state index is 10.4. The molecule has 5 nitrogen and oxygen atoms in total. The van der Waals surface area contributed by atoms with Gasteiger partial charge >= 0.3 is 0 Å². The van der Waals surface area contributed by atoms with Crippen LogP contribution in [0, 0.1) is 0 Å². The smallest absolute Gasteiger partial charge is 0.207 e. The third-order valence-corrected chi connectivity index (χ3v) is 7.99. The molecule has 0 atom stereocenters. The maximum atomic E-state index is 10.4. The average molecular weight is 556 g/mol. The number of likely N-dealkylation sites (tertiary alicyclic amines) is 1. The van der Waals surface area contributed by atoms with E-state index in [2.05, 4.69) is 41.4 Å². The van der Waals surface area contributed by atoms with Crippen LogP contribution in [0.2, 0.25) is 10.0 Å². The van der Waals surface area contributed by atoms with Gasteiger partial charge in [-0.3, -0.25) is 9.69 Å². The lowest BCUT2D eigenvalue weighted by molar-refractivity contribution is -0.110. The number of rotatable bonds is 11. The van der Waals surface area contributed by atoms with Gasteiger partial charge in [0.2, 0.25) is 6.41 Å². The van der Waals surface area contributed by atoms with Gasteiger partial charge in [0.15, 0.2) is 0 Å². The van der Waals surface area contributed by atoms with Crippen molar-refractivity contribution in [2.75, 3.05) is 24.7 Å². The monoisotopic (exact) mass is 554 g/mol. The fourth-order valence-electron chi connectivity index (χ4n) is 3.53. The van der Waals surface area contributed by atoms with E-state index in [0.29, 0.717) is 22.0 Å². The fraction of sp³-hybridized carbons (Fsp3) is 0.423. The summed E-state index contributed by atoms with van der Waals surface area (Å²) in [4.78, 5) is 14.0. The van der Waals surface area contributed by atoms with E-state index in [1.807, 2.05) is 35.4 Å². The van der Waals surface area contributed by atoms with E-state index in [4.69, 9.17) is 34.7 Å². The summed E-state index contributed by atoms with van der Waals surface area (Å²) in [6.07, 6.45) is 5.30. The van der Waals surface area contributed by atoms with Crippen molar-refractivity contribution in [3.63, 3.8) is 0 Å². The molecule has 2 aromatic carbocycles. The number of thioether (sulfide) groups is 2. The Bertz CT molecular complexity index is 920. The van der Waals surface area contributed by atoms with E-state index in [0.717, 1.165) is 50.1 Å². The van der Waals surface area contributed by atoms with Crippen molar-refractivity contribution in [1.82, 2.24) is 10.2 Å². The van der Waals surface area contributed by atoms with Crippen LogP contribution in [0.15, 0.2) is 52.8 Å². The van der Waals surface area contributed by atoms with Gasteiger partial charge in [-0.2, -0.15) is 0 Å². The van der Waals surface area contributed by atoms with E-state index in [1.165, 1.54) is 40.8 Å². The first-order valence-corrected chi connectivity index (χ1v) is 14.6. The zero-order valence-electron chi connectivity index (χ0n) is 20.2. The van der Waals surface area contributed by atoms with Crippen LogP contribution in [0.1, 0.15) is 43.7 Å². The SMILES string of the molecule is CCCCSc1ccc(/C(N)=C/SCN)cc1.O=CNC1CCN(Cc2ccc(Cl)c(Cl)c2)CC1. The van der Waals surface area contributed by atoms with E-state index >= 15 is 0 Å². The lowest BCUT2D eigenvalue weighted by atomic mass is 10.0. The normalized spacial score (nSPS) is 14.8. The molecule has 1 fully saturated rings. The molecule has 1 saturated heterocycles.